The molecule has 20 heavy (non-hydrogen) atoms. The molecule has 0 saturated carbocycles. The van der Waals surface area contributed by atoms with Crippen LogP contribution in [0.3, 0.4) is 0 Å². The number of halogens is 1. The molecule has 1 unspecified atom stereocenters. The number of urea groups is 1. The van der Waals surface area contributed by atoms with Gasteiger partial charge in [-0.05, 0) is 26.0 Å². The van der Waals surface area contributed by atoms with Gasteiger partial charge in [0.15, 0.2) is 6.54 Å². The summed E-state index contributed by atoms with van der Waals surface area (Å²) < 4.78 is 0. The highest BCUT2D eigenvalue weighted by atomic mass is 35.5. The topological polar surface area (TPSA) is 62.6 Å². The third kappa shape index (κ3) is 6.54. The van der Waals surface area contributed by atoms with Crippen molar-refractivity contribution in [1.82, 2.24) is 10.6 Å². The number of rotatable bonds is 5. The van der Waals surface area contributed by atoms with Crippen molar-refractivity contribution < 1.29 is 14.5 Å². The second-order valence-electron chi connectivity index (χ2n) is 5.12. The summed E-state index contributed by atoms with van der Waals surface area (Å²) in [5, 5.41) is 5.59. The molecule has 0 aliphatic heterocycles. The van der Waals surface area contributed by atoms with E-state index in [-0.39, 0.29) is 18.5 Å². The molecule has 6 heteroatoms. The Hall–Kier alpha value is -1.59. The van der Waals surface area contributed by atoms with Crippen molar-refractivity contribution in [3.05, 3.63) is 34.9 Å². The van der Waals surface area contributed by atoms with Crippen LogP contribution in [0.15, 0.2) is 24.3 Å². The lowest BCUT2D eigenvalue weighted by Gasteiger charge is -2.14. The van der Waals surface area contributed by atoms with Crippen molar-refractivity contribution in [3.8, 4) is 0 Å². The van der Waals surface area contributed by atoms with Gasteiger partial charge in [-0.25, -0.2) is 4.79 Å². The number of imide groups is 1. The Balaban J connectivity index is 2.40. The zero-order chi connectivity index (χ0) is 15.1. The number of carbonyl (C=O) groups is 2. The van der Waals surface area contributed by atoms with Crippen LogP contribution in [0.25, 0.3) is 0 Å². The molecule has 0 aliphatic rings. The number of benzene rings is 1. The summed E-state index contributed by atoms with van der Waals surface area (Å²) in [4.78, 5) is 24.0. The van der Waals surface area contributed by atoms with Crippen molar-refractivity contribution in [2.24, 2.45) is 0 Å². The minimum absolute atomic E-state index is 0.000614. The molecular formula is C14H21ClN3O2+. The molecule has 1 rings (SSSR count). The largest absolute Gasteiger partial charge is 0.336 e. The molecule has 0 heterocycles. The predicted molar refractivity (Wildman–Crippen MR) is 78.7 cm³/mol. The van der Waals surface area contributed by atoms with Gasteiger partial charge < -0.3 is 10.2 Å². The van der Waals surface area contributed by atoms with E-state index in [1.165, 1.54) is 0 Å². The van der Waals surface area contributed by atoms with Crippen molar-refractivity contribution in [2.45, 2.75) is 26.4 Å². The number of quaternary nitrogens is 1. The van der Waals surface area contributed by atoms with Crippen molar-refractivity contribution in [1.29, 1.82) is 0 Å². The number of carbonyl (C=O) groups excluding carboxylic acids is 2. The Morgan fingerprint density at radius 2 is 2.05 bits per heavy atom. The Bertz CT molecular complexity index is 477. The molecule has 5 nitrogen and oxygen atoms in total. The minimum Gasteiger partial charge on any atom is -0.336 e. The second-order valence-corrected chi connectivity index (χ2v) is 5.55. The number of amides is 3. The van der Waals surface area contributed by atoms with Crippen LogP contribution in [0.5, 0.6) is 0 Å². The third-order valence-corrected chi connectivity index (χ3v) is 2.77. The van der Waals surface area contributed by atoms with Crippen LogP contribution in [0.1, 0.15) is 19.4 Å². The normalized spacial score (nSPS) is 12.1. The fourth-order valence-electron chi connectivity index (χ4n) is 1.80. The van der Waals surface area contributed by atoms with Gasteiger partial charge in [-0.3, -0.25) is 10.1 Å². The van der Waals surface area contributed by atoms with Crippen LogP contribution in [0.4, 0.5) is 4.79 Å². The van der Waals surface area contributed by atoms with Gasteiger partial charge in [0.1, 0.15) is 6.54 Å². The van der Waals surface area contributed by atoms with Gasteiger partial charge in [-0.2, -0.15) is 0 Å². The monoisotopic (exact) mass is 298 g/mol. The summed E-state index contributed by atoms with van der Waals surface area (Å²) >= 11 is 5.91. The summed E-state index contributed by atoms with van der Waals surface area (Å²) in [6, 6.07) is 7.05. The van der Waals surface area contributed by atoms with E-state index < -0.39 is 6.03 Å². The fourth-order valence-corrected chi connectivity index (χ4v) is 2.01. The van der Waals surface area contributed by atoms with Crippen LogP contribution in [0.2, 0.25) is 5.02 Å². The molecule has 1 aromatic carbocycles. The summed E-state index contributed by atoms with van der Waals surface area (Å²) in [6.45, 7) is 4.55. The molecular weight excluding hydrogens is 278 g/mol. The number of nitrogens with one attached hydrogen (secondary N) is 3. The molecule has 3 N–H and O–H groups in total. The molecule has 0 bridgehead atoms. The van der Waals surface area contributed by atoms with Gasteiger partial charge in [0.25, 0.3) is 5.91 Å². The zero-order valence-corrected chi connectivity index (χ0v) is 12.8. The smallest absolute Gasteiger partial charge is 0.321 e. The van der Waals surface area contributed by atoms with E-state index in [4.69, 9.17) is 11.6 Å². The average Bonchev–Trinajstić information content (AvgIpc) is 2.26. The van der Waals surface area contributed by atoms with Crippen LogP contribution < -0.4 is 15.5 Å². The van der Waals surface area contributed by atoms with Gasteiger partial charge in [-0.1, -0.05) is 23.7 Å². The number of hydrogen-bond acceptors (Lipinski definition) is 2. The zero-order valence-electron chi connectivity index (χ0n) is 12.0. The molecule has 1 aromatic rings. The second kappa shape index (κ2) is 7.87. The fraction of sp³-hybridized carbons (Fsp3) is 0.429. The molecule has 3 amide bonds. The summed E-state index contributed by atoms with van der Waals surface area (Å²) in [7, 11) is 1.89. The van der Waals surface area contributed by atoms with Crippen LogP contribution in [-0.2, 0) is 11.3 Å². The molecule has 0 aliphatic carbocycles. The molecule has 0 radical (unpaired) electrons. The maximum absolute atomic E-state index is 11.7. The van der Waals surface area contributed by atoms with E-state index in [0.29, 0.717) is 11.6 Å². The number of likely N-dealkylation sites (N-methyl/N-ethyl adjacent to an activating group) is 1. The highest BCUT2D eigenvalue weighted by molar-refractivity contribution is 6.30. The van der Waals surface area contributed by atoms with Crippen LogP contribution >= 0.6 is 11.6 Å². The van der Waals surface area contributed by atoms with Gasteiger partial charge in [0, 0.05) is 16.6 Å². The standard InChI is InChI=1S/C14H20ClN3O2/c1-10(2)16-14(20)17-13(19)9-18(3)8-11-5-4-6-12(15)7-11/h4-7,10H,8-9H2,1-3H3,(H2,16,17,19,20)/p+1. The molecule has 0 spiro atoms. The highest BCUT2D eigenvalue weighted by Gasteiger charge is 2.14. The van der Waals surface area contributed by atoms with Crippen molar-refractivity contribution in [2.75, 3.05) is 13.6 Å². The first-order chi connectivity index (χ1) is 9.36. The SMILES string of the molecule is CC(C)NC(=O)NC(=O)C[NH+](C)Cc1cccc(Cl)c1. The first-order valence-electron chi connectivity index (χ1n) is 6.53. The summed E-state index contributed by atoms with van der Waals surface area (Å²) in [5.74, 6) is -0.303. The maximum Gasteiger partial charge on any atom is 0.321 e. The lowest BCUT2D eigenvalue weighted by atomic mass is 10.2. The summed E-state index contributed by atoms with van der Waals surface area (Å²) in [5.41, 5.74) is 1.05. The van der Waals surface area contributed by atoms with E-state index in [0.717, 1.165) is 10.5 Å². The van der Waals surface area contributed by atoms with Gasteiger partial charge >= 0.3 is 6.03 Å². The van der Waals surface area contributed by atoms with Gasteiger partial charge in [0.05, 0.1) is 7.05 Å². The third-order valence-electron chi connectivity index (χ3n) is 2.53. The predicted octanol–water partition coefficient (Wildman–Crippen LogP) is 0.589. The Morgan fingerprint density at radius 3 is 2.65 bits per heavy atom. The van der Waals surface area contributed by atoms with E-state index in [1.54, 1.807) is 0 Å². The molecule has 0 aromatic heterocycles. The minimum atomic E-state index is -0.458. The van der Waals surface area contributed by atoms with E-state index in [2.05, 4.69) is 10.6 Å². The van der Waals surface area contributed by atoms with Gasteiger partial charge in [-0.15, -0.1) is 0 Å². The van der Waals surface area contributed by atoms with E-state index in [9.17, 15) is 9.59 Å². The summed E-state index contributed by atoms with van der Waals surface area (Å²) in [6.07, 6.45) is 0. The maximum atomic E-state index is 11.7. The van der Waals surface area contributed by atoms with Crippen LogP contribution in [0, 0.1) is 0 Å². The lowest BCUT2D eigenvalue weighted by Crippen LogP contribution is -3.09. The van der Waals surface area contributed by atoms with Crippen molar-refractivity contribution in [3.63, 3.8) is 0 Å². The van der Waals surface area contributed by atoms with Gasteiger partial charge in [0.2, 0.25) is 0 Å². The van der Waals surface area contributed by atoms with E-state index >= 15 is 0 Å². The van der Waals surface area contributed by atoms with Crippen molar-refractivity contribution >= 4 is 23.5 Å². The first-order valence-corrected chi connectivity index (χ1v) is 6.90. The quantitative estimate of drug-likeness (QED) is 0.745. The van der Waals surface area contributed by atoms with E-state index in [1.807, 2.05) is 45.2 Å². The molecule has 110 valence electrons. The molecule has 0 saturated heterocycles. The molecule has 1 atom stereocenters. The Morgan fingerprint density at radius 1 is 1.35 bits per heavy atom. The highest BCUT2D eigenvalue weighted by Crippen LogP contribution is 2.09. The number of hydrogen-bond donors (Lipinski definition) is 3. The first kappa shape index (κ1) is 16.5. The average molecular weight is 299 g/mol. The molecule has 0 fully saturated rings. The Labute approximate surface area is 124 Å². The van der Waals surface area contributed by atoms with Crippen LogP contribution in [-0.4, -0.2) is 31.6 Å². The Kier molecular flexibility index (Phi) is 6.48. The lowest BCUT2D eigenvalue weighted by molar-refractivity contribution is -0.885.